The Kier molecular flexibility index (Phi) is 4.55. The summed E-state index contributed by atoms with van der Waals surface area (Å²) in [5.74, 6) is 0.569. The maximum Gasteiger partial charge on any atom is 0.287 e. The maximum atomic E-state index is 11.9. The number of sulfonamides is 1. The van der Waals surface area contributed by atoms with E-state index >= 15 is 0 Å². The molecule has 0 bridgehead atoms. The highest BCUT2D eigenvalue weighted by Gasteiger charge is 2.25. The standard InChI is InChI=1S/C12H17BrN2O4S/c1-7-3-2-4-8(7)6-15-12(16)9-5-10(11(13)19-9)20(14,17)18/h5,7-8H,2-4,6H2,1H3,(H,15,16)(H2,14,17,18). The van der Waals surface area contributed by atoms with Crippen molar-refractivity contribution in [3.63, 3.8) is 0 Å². The number of nitrogens with two attached hydrogens (primary N) is 1. The Balaban J connectivity index is 2.03. The number of primary sulfonamides is 1. The number of nitrogens with one attached hydrogen (secondary N) is 1. The van der Waals surface area contributed by atoms with E-state index in [9.17, 15) is 13.2 Å². The fraction of sp³-hybridized carbons (Fsp3) is 0.583. The van der Waals surface area contributed by atoms with Crippen LogP contribution in [0.2, 0.25) is 0 Å². The molecule has 0 spiro atoms. The zero-order valence-electron chi connectivity index (χ0n) is 11.1. The molecule has 0 saturated heterocycles. The van der Waals surface area contributed by atoms with E-state index in [2.05, 4.69) is 28.2 Å². The summed E-state index contributed by atoms with van der Waals surface area (Å²) in [7, 11) is -3.91. The molecule has 20 heavy (non-hydrogen) atoms. The second-order valence-electron chi connectivity index (χ2n) is 5.17. The van der Waals surface area contributed by atoms with Gasteiger partial charge in [-0.15, -0.1) is 0 Å². The second-order valence-corrected chi connectivity index (χ2v) is 7.42. The van der Waals surface area contributed by atoms with E-state index in [4.69, 9.17) is 9.56 Å². The first kappa shape index (κ1) is 15.5. The molecule has 8 heteroatoms. The molecule has 2 unspecified atom stereocenters. The van der Waals surface area contributed by atoms with Crippen molar-refractivity contribution in [3.05, 3.63) is 16.5 Å². The van der Waals surface area contributed by atoms with Gasteiger partial charge in [-0.25, -0.2) is 13.6 Å². The van der Waals surface area contributed by atoms with Gasteiger partial charge in [0.2, 0.25) is 10.0 Å². The molecule has 1 saturated carbocycles. The largest absolute Gasteiger partial charge is 0.443 e. The van der Waals surface area contributed by atoms with Gasteiger partial charge in [0, 0.05) is 12.6 Å². The van der Waals surface area contributed by atoms with Gasteiger partial charge in [0.1, 0.15) is 4.90 Å². The number of carbonyl (C=O) groups is 1. The van der Waals surface area contributed by atoms with Crippen LogP contribution in [-0.2, 0) is 10.0 Å². The predicted molar refractivity (Wildman–Crippen MR) is 76.6 cm³/mol. The van der Waals surface area contributed by atoms with Crippen LogP contribution in [0.1, 0.15) is 36.7 Å². The summed E-state index contributed by atoms with van der Waals surface area (Å²) in [6, 6.07) is 1.13. The lowest BCUT2D eigenvalue weighted by Crippen LogP contribution is -2.30. The normalized spacial score (nSPS) is 22.9. The number of hydrogen-bond acceptors (Lipinski definition) is 4. The molecule has 2 atom stereocenters. The molecular weight excluding hydrogens is 348 g/mol. The van der Waals surface area contributed by atoms with E-state index in [0.717, 1.165) is 12.5 Å². The van der Waals surface area contributed by atoms with Gasteiger partial charge in [-0.1, -0.05) is 19.8 Å². The molecule has 0 radical (unpaired) electrons. The molecule has 0 aliphatic heterocycles. The number of rotatable bonds is 4. The molecule has 6 nitrogen and oxygen atoms in total. The van der Waals surface area contributed by atoms with Crippen LogP contribution in [0.15, 0.2) is 20.0 Å². The van der Waals surface area contributed by atoms with Gasteiger partial charge in [0.25, 0.3) is 5.91 Å². The molecule has 112 valence electrons. The summed E-state index contributed by atoms with van der Waals surface area (Å²) >= 11 is 2.94. The predicted octanol–water partition coefficient (Wildman–Crippen LogP) is 1.86. The molecule has 1 aliphatic carbocycles. The van der Waals surface area contributed by atoms with E-state index in [1.807, 2.05) is 0 Å². The van der Waals surface area contributed by atoms with Gasteiger partial charge in [-0.3, -0.25) is 4.79 Å². The number of carbonyl (C=O) groups excluding carboxylic acids is 1. The summed E-state index contributed by atoms with van der Waals surface area (Å²) in [5.41, 5.74) is 0. The third kappa shape index (κ3) is 3.42. The van der Waals surface area contributed by atoms with E-state index in [0.29, 0.717) is 18.4 Å². The average Bonchev–Trinajstić information content (AvgIpc) is 2.92. The summed E-state index contributed by atoms with van der Waals surface area (Å²) in [6.07, 6.45) is 3.47. The first-order valence-electron chi connectivity index (χ1n) is 6.39. The minimum atomic E-state index is -3.91. The van der Waals surface area contributed by atoms with Crippen LogP contribution in [0.5, 0.6) is 0 Å². The minimum Gasteiger partial charge on any atom is -0.443 e. The molecule has 2 rings (SSSR count). The van der Waals surface area contributed by atoms with Gasteiger partial charge in [-0.2, -0.15) is 0 Å². The van der Waals surface area contributed by atoms with Gasteiger partial charge >= 0.3 is 0 Å². The number of furan rings is 1. The van der Waals surface area contributed by atoms with Crippen molar-refractivity contribution in [2.24, 2.45) is 17.0 Å². The van der Waals surface area contributed by atoms with Crippen LogP contribution in [0.3, 0.4) is 0 Å². The molecule has 1 aromatic heterocycles. The van der Waals surface area contributed by atoms with Crippen LogP contribution in [0.25, 0.3) is 0 Å². The summed E-state index contributed by atoms with van der Waals surface area (Å²) in [5, 5.41) is 7.79. The molecule has 1 aliphatic rings. The third-order valence-corrected chi connectivity index (χ3v) is 5.52. The van der Waals surface area contributed by atoms with Crippen LogP contribution < -0.4 is 10.5 Å². The molecule has 1 aromatic rings. The highest BCUT2D eigenvalue weighted by Crippen LogP contribution is 2.30. The van der Waals surface area contributed by atoms with Crippen molar-refractivity contribution in [2.75, 3.05) is 6.54 Å². The monoisotopic (exact) mass is 364 g/mol. The lowest BCUT2D eigenvalue weighted by atomic mass is 9.98. The summed E-state index contributed by atoms with van der Waals surface area (Å²) in [4.78, 5) is 11.7. The lowest BCUT2D eigenvalue weighted by molar-refractivity contribution is 0.0915. The van der Waals surface area contributed by atoms with Crippen molar-refractivity contribution in [1.29, 1.82) is 0 Å². The quantitative estimate of drug-likeness (QED) is 0.850. The van der Waals surface area contributed by atoms with Crippen molar-refractivity contribution in [2.45, 2.75) is 31.1 Å². The first-order chi connectivity index (χ1) is 9.29. The van der Waals surface area contributed by atoms with E-state index in [1.165, 1.54) is 12.8 Å². The SMILES string of the molecule is CC1CCCC1CNC(=O)c1cc(S(N)(=O)=O)c(Br)o1. The maximum absolute atomic E-state index is 11.9. The van der Waals surface area contributed by atoms with Gasteiger partial charge in [-0.05, 0) is 34.2 Å². The van der Waals surface area contributed by atoms with Crippen LogP contribution >= 0.6 is 15.9 Å². The molecule has 0 aromatic carbocycles. The third-order valence-electron chi connectivity index (χ3n) is 3.75. The molecule has 3 N–H and O–H groups in total. The fourth-order valence-electron chi connectivity index (χ4n) is 2.49. The highest BCUT2D eigenvalue weighted by molar-refractivity contribution is 9.10. The lowest BCUT2D eigenvalue weighted by Gasteiger charge is -2.15. The highest BCUT2D eigenvalue weighted by atomic mass is 79.9. The number of halogens is 1. The Morgan fingerprint density at radius 1 is 1.55 bits per heavy atom. The van der Waals surface area contributed by atoms with Crippen LogP contribution in [-0.4, -0.2) is 20.9 Å². The Morgan fingerprint density at radius 3 is 2.75 bits per heavy atom. The molecular formula is C12H17BrN2O4S. The van der Waals surface area contributed by atoms with Gasteiger partial charge < -0.3 is 9.73 Å². The smallest absolute Gasteiger partial charge is 0.287 e. The van der Waals surface area contributed by atoms with Crippen LogP contribution in [0, 0.1) is 11.8 Å². The second kappa shape index (κ2) is 5.87. The van der Waals surface area contributed by atoms with E-state index < -0.39 is 15.9 Å². The molecule has 1 amide bonds. The van der Waals surface area contributed by atoms with Crippen molar-refractivity contribution < 1.29 is 17.6 Å². The average molecular weight is 365 g/mol. The van der Waals surface area contributed by atoms with E-state index in [1.54, 1.807) is 0 Å². The Bertz CT molecular complexity index is 611. The van der Waals surface area contributed by atoms with Crippen molar-refractivity contribution in [3.8, 4) is 0 Å². The van der Waals surface area contributed by atoms with Crippen molar-refractivity contribution in [1.82, 2.24) is 5.32 Å². The van der Waals surface area contributed by atoms with Crippen LogP contribution in [0.4, 0.5) is 0 Å². The molecule has 1 fully saturated rings. The fourth-order valence-corrected chi connectivity index (χ4v) is 4.00. The Morgan fingerprint density at radius 2 is 2.25 bits per heavy atom. The zero-order chi connectivity index (χ0) is 14.9. The summed E-state index contributed by atoms with van der Waals surface area (Å²) < 4.78 is 27.5. The van der Waals surface area contributed by atoms with Crippen molar-refractivity contribution >= 4 is 31.9 Å². The first-order valence-corrected chi connectivity index (χ1v) is 8.73. The molecule has 1 heterocycles. The van der Waals surface area contributed by atoms with Gasteiger partial charge in [0.15, 0.2) is 10.4 Å². The zero-order valence-corrected chi connectivity index (χ0v) is 13.5. The summed E-state index contributed by atoms with van der Waals surface area (Å²) in [6.45, 7) is 2.75. The number of hydrogen-bond donors (Lipinski definition) is 2. The van der Waals surface area contributed by atoms with E-state index in [-0.39, 0.29) is 15.3 Å². The number of amides is 1. The van der Waals surface area contributed by atoms with Gasteiger partial charge in [0.05, 0.1) is 0 Å². The topological polar surface area (TPSA) is 102 Å². The minimum absolute atomic E-state index is 0.0561. The Labute approximate surface area is 126 Å². The Hall–Kier alpha value is -0.860.